The van der Waals surface area contributed by atoms with E-state index in [4.69, 9.17) is 37.9 Å². The van der Waals surface area contributed by atoms with Crippen LogP contribution in [-0.4, -0.2) is 84.4 Å². The van der Waals surface area contributed by atoms with E-state index in [0.717, 1.165) is 64.1 Å². The van der Waals surface area contributed by atoms with E-state index >= 15 is 0 Å². The van der Waals surface area contributed by atoms with Gasteiger partial charge in [-0.2, -0.15) is 0 Å². The number of H-pyrrole nitrogens is 1. The average molecular weight is 674 g/mol. The highest BCUT2D eigenvalue weighted by molar-refractivity contribution is 6.39. The molecule has 0 saturated carbocycles. The summed E-state index contributed by atoms with van der Waals surface area (Å²) in [5.74, 6) is 0.563. The highest BCUT2D eigenvalue weighted by Gasteiger charge is 2.24. The Morgan fingerprint density at radius 1 is 0.915 bits per heavy atom. The van der Waals surface area contributed by atoms with Crippen molar-refractivity contribution in [3.63, 3.8) is 0 Å². The molecule has 1 aliphatic heterocycles. The molecule has 1 amide bonds. The number of methoxy groups -OCH3 is 1. The molecule has 6 rings (SSSR count). The first-order chi connectivity index (χ1) is 22.8. The maximum atomic E-state index is 11.7. The van der Waals surface area contributed by atoms with Gasteiger partial charge in [-0.05, 0) is 49.7 Å². The Morgan fingerprint density at radius 2 is 1.57 bits per heavy atom. The fraction of sp³-hybridized carbons (Fsp3) is 0.306. The number of aromatic nitrogens is 3. The van der Waals surface area contributed by atoms with Crippen molar-refractivity contribution in [1.82, 2.24) is 25.2 Å². The Bertz CT molecular complexity index is 1910. The second-order valence-corrected chi connectivity index (χ2v) is 12.7. The fourth-order valence-electron chi connectivity index (χ4n) is 6.15. The molecule has 0 unspecified atom stereocenters. The van der Waals surface area contributed by atoms with Crippen LogP contribution in [-0.2, 0) is 11.2 Å². The van der Waals surface area contributed by atoms with E-state index in [0.29, 0.717) is 41.1 Å². The maximum absolute atomic E-state index is 11.7. The van der Waals surface area contributed by atoms with E-state index in [1.165, 1.54) is 5.56 Å². The number of halogens is 2. The third kappa shape index (κ3) is 6.94. The molecule has 0 bridgehead atoms. The van der Waals surface area contributed by atoms with E-state index in [1.807, 2.05) is 79.8 Å². The van der Waals surface area contributed by atoms with Gasteiger partial charge in [-0.15, -0.1) is 0 Å². The third-order valence-corrected chi connectivity index (χ3v) is 9.55. The van der Waals surface area contributed by atoms with Gasteiger partial charge < -0.3 is 29.9 Å². The zero-order chi connectivity index (χ0) is 33.1. The number of carbonyl (C=O) groups excluding carboxylic acids is 1. The van der Waals surface area contributed by atoms with Gasteiger partial charge in [0.25, 0.3) is 0 Å². The number of aliphatic hydroxyl groups is 1. The SMILES string of the molecule is COc1nc(-c2cccc(-c3cccc(-c4ccc5c(CCN(C)CCO)c[nH]c5n4)c3Cl)c2Cl)ccc1N(C)C[C@@H]1CCC(=O)N1. The van der Waals surface area contributed by atoms with E-state index in [9.17, 15) is 9.90 Å². The molecule has 1 fully saturated rings. The molecule has 2 aromatic carbocycles. The van der Waals surface area contributed by atoms with Gasteiger partial charge in [0.15, 0.2) is 0 Å². The van der Waals surface area contributed by atoms with Crippen LogP contribution in [0.4, 0.5) is 5.69 Å². The second kappa shape index (κ2) is 14.3. The molecule has 3 aromatic heterocycles. The first-order valence-electron chi connectivity index (χ1n) is 15.7. The van der Waals surface area contributed by atoms with Crippen LogP contribution in [0, 0.1) is 0 Å². The number of carbonyl (C=O) groups is 1. The van der Waals surface area contributed by atoms with Crippen LogP contribution in [0.5, 0.6) is 5.88 Å². The molecule has 1 aliphatic rings. The summed E-state index contributed by atoms with van der Waals surface area (Å²) in [5, 5.41) is 14.4. The van der Waals surface area contributed by atoms with Crippen LogP contribution >= 0.6 is 23.2 Å². The van der Waals surface area contributed by atoms with Gasteiger partial charge in [0.2, 0.25) is 11.8 Å². The summed E-state index contributed by atoms with van der Waals surface area (Å²) in [6.45, 7) is 2.29. The highest BCUT2D eigenvalue weighted by Crippen LogP contribution is 2.42. The number of aliphatic hydroxyl groups excluding tert-OH is 1. The predicted octanol–water partition coefficient (Wildman–Crippen LogP) is 6.46. The molecule has 0 radical (unpaired) electrons. The average Bonchev–Trinajstić information content (AvgIpc) is 3.68. The van der Waals surface area contributed by atoms with Gasteiger partial charge in [0.1, 0.15) is 5.65 Å². The number of nitrogens with zero attached hydrogens (tertiary/aromatic N) is 4. The maximum Gasteiger partial charge on any atom is 0.237 e. The number of hydrogen-bond donors (Lipinski definition) is 3. The Kier molecular flexibility index (Phi) is 9.98. The lowest BCUT2D eigenvalue weighted by Crippen LogP contribution is -2.37. The minimum absolute atomic E-state index is 0.0888. The number of anilines is 1. The third-order valence-electron chi connectivity index (χ3n) is 8.73. The molecule has 0 spiro atoms. The number of hydrogen-bond acceptors (Lipinski definition) is 7. The molecule has 3 N–H and O–H groups in total. The molecule has 4 heterocycles. The van der Waals surface area contributed by atoms with Gasteiger partial charge in [-0.3, -0.25) is 4.79 Å². The summed E-state index contributed by atoms with van der Waals surface area (Å²) in [6, 6.07) is 19.8. The fourth-order valence-corrected chi connectivity index (χ4v) is 6.80. The Morgan fingerprint density at radius 3 is 2.21 bits per heavy atom. The second-order valence-electron chi connectivity index (χ2n) is 11.9. The van der Waals surface area contributed by atoms with Crippen molar-refractivity contribution in [2.75, 3.05) is 52.3 Å². The number of nitrogens with one attached hydrogen (secondary N) is 2. The number of likely N-dealkylation sites (N-methyl/N-ethyl adjacent to an activating group) is 2. The zero-order valence-corrected chi connectivity index (χ0v) is 28.2. The van der Waals surface area contributed by atoms with Crippen LogP contribution in [0.2, 0.25) is 10.0 Å². The first-order valence-corrected chi connectivity index (χ1v) is 16.4. The summed E-state index contributed by atoms with van der Waals surface area (Å²) >= 11 is 14.2. The number of benzene rings is 2. The normalized spacial score (nSPS) is 14.6. The van der Waals surface area contributed by atoms with Crippen LogP contribution in [0.25, 0.3) is 44.7 Å². The van der Waals surface area contributed by atoms with Crippen LogP contribution in [0.15, 0.2) is 66.9 Å². The lowest BCUT2D eigenvalue weighted by Gasteiger charge is -2.24. The molecule has 1 saturated heterocycles. The largest absolute Gasteiger partial charge is 0.480 e. The molecular weight excluding hydrogens is 635 g/mol. The Hall–Kier alpha value is -4.15. The van der Waals surface area contributed by atoms with Crippen molar-refractivity contribution in [2.24, 2.45) is 0 Å². The number of aromatic amines is 1. The Balaban J connectivity index is 1.27. The number of amides is 1. The minimum atomic E-state index is 0.0888. The summed E-state index contributed by atoms with van der Waals surface area (Å²) in [7, 11) is 5.57. The van der Waals surface area contributed by atoms with Gasteiger partial charge in [0.05, 0.1) is 40.8 Å². The van der Waals surface area contributed by atoms with E-state index < -0.39 is 0 Å². The van der Waals surface area contributed by atoms with Crippen molar-refractivity contribution in [1.29, 1.82) is 0 Å². The molecule has 1 atom stereocenters. The van der Waals surface area contributed by atoms with Crippen molar-refractivity contribution in [3.8, 4) is 39.5 Å². The van der Waals surface area contributed by atoms with E-state index in [2.05, 4.69) is 21.3 Å². The van der Waals surface area contributed by atoms with Crippen molar-refractivity contribution in [3.05, 3.63) is 82.5 Å². The Labute approximate surface area is 284 Å². The van der Waals surface area contributed by atoms with Crippen LogP contribution in [0.1, 0.15) is 18.4 Å². The summed E-state index contributed by atoms with van der Waals surface area (Å²) in [5.41, 5.74) is 7.36. The number of ether oxygens (including phenoxy) is 1. The van der Waals surface area contributed by atoms with Crippen molar-refractivity contribution < 1.29 is 14.6 Å². The summed E-state index contributed by atoms with van der Waals surface area (Å²) in [6.07, 6.45) is 4.22. The van der Waals surface area contributed by atoms with Gasteiger partial charge in [-0.1, -0.05) is 59.6 Å². The molecule has 9 nitrogen and oxygen atoms in total. The highest BCUT2D eigenvalue weighted by atomic mass is 35.5. The van der Waals surface area contributed by atoms with Gasteiger partial charge in [-0.25, -0.2) is 9.97 Å². The van der Waals surface area contributed by atoms with E-state index in [1.54, 1.807) is 7.11 Å². The molecule has 244 valence electrons. The zero-order valence-electron chi connectivity index (χ0n) is 26.7. The lowest BCUT2D eigenvalue weighted by molar-refractivity contribution is -0.119. The quantitative estimate of drug-likeness (QED) is 0.140. The molecule has 0 aliphatic carbocycles. The first kappa shape index (κ1) is 32.8. The topological polar surface area (TPSA) is 107 Å². The molecule has 5 aromatic rings. The van der Waals surface area contributed by atoms with Crippen LogP contribution in [0.3, 0.4) is 0 Å². The van der Waals surface area contributed by atoms with Crippen molar-refractivity contribution in [2.45, 2.75) is 25.3 Å². The number of rotatable bonds is 12. The summed E-state index contributed by atoms with van der Waals surface area (Å²) in [4.78, 5) is 28.9. The summed E-state index contributed by atoms with van der Waals surface area (Å²) < 4.78 is 5.69. The predicted molar refractivity (Wildman–Crippen MR) is 189 cm³/mol. The number of fused-ring (bicyclic) bond motifs is 1. The smallest absolute Gasteiger partial charge is 0.237 e. The van der Waals surface area contributed by atoms with Crippen molar-refractivity contribution >= 4 is 45.8 Å². The molecule has 47 heavy (non-hydrogen) atoms. The molecular formula is C36H38Cl2N6O3. The number of pyridine rings is 2. The van der Waals surface area contributed by atoms with Gasteiger partial charge >= 0.3 is 0 Å². The van der Waals surface area contributed by atoms with Crippen LogP contribution < -0.4 is 15.0 Å². The standard InChI is InChI=1S/C36H38Cl2N6O3/c1-43(18-19-45)17-16-22-20-39-35-24(22)11-12-29(41-35)27-8-4-6-25(33(27)37)26-7-5-9-28(34(26)38)30-13-14-31(36(42-30)47-3)44(2)21-23-10-15-32(46)40-23/h4-9,11-14,20,23,45H,10,15-19,21H2,1-3H3,(H,39,41)(H,40,46)/t23-/m0/s1. The minimum Gasteiger partial charge on any atom is -0.480 e. The molecule has 11 heteroatoms. The lowest BCUT2D eigenvalue weighted by atomic mass is 9.98. The van der Waals surface area contributed by atoms with E-state index in [-0.39, 0.29) is 18.6 Å². The monoisotopic (exact) mass is 672 g/mol. The van der Waals surface area contributed by atoms with Gasteiger partial charge in [0, 0.05) is 73.0 Å².